The van der Waals surface area contributed by atoms with Gasteiger partial charge in [-0.3, -0.25) is 4.79 Å². The highest BCUT2D eigenvalue weighted by Gasteiger charge is 2.14. The molecule has 0 spiro atoms. The monoisotopic (exact) mass is 296 g/mol. The van der Waals surface area contributed by atoms with Crippen molar-refractivity contribution < 1.29 is 22.7 Å². The van der Waals surface area contributed by atoms with Gasteiger partial charge in [0.25, 0.3) is 5.91 Å². The van der Waals surface area contributed by atoms with Crippen molar-refractivity contribution in [3.05, 3.63) is 53.3 Å². The molecule has 0 heterocycles. The summed E-state index contributed by atoms with van der Waals surface area (Å²) in [6.07, 6.45) is 0. The zero-order valence-electron chi connectivity index (χ0n) is 10.9. The first-order chi connectivity index (χ1) is 9.92. The number of amides is 1. The van der Waals surface area contributed by atoms with Crippen LogP contribution >= 0.6 is 0 Å². The molecule has 2 rings (SSSR count). The molecule has 0 aromatic heterocycles. The van der Waals surface area contributed by atoms with Crippen LogP contribution in [0.3, 0.4) is 0 Å². The fourth-order valence-electron chi connectivity index (χ4n) is 1.69. The molecule has 2 aromatic rings. The lowest BCUT2D eigenvalue weighted by atomic mass is 10.1. The summed E-state index contributed by atoms with van der Waals surface area (Å²) in [6, 6.07) is 5.11. The summed E-state index contributed by atoms with van der Waals surface area (Å²) in [5.41, 5.74) is 5.52. The molecule has 0 fully saturated rings. The van der Waals surface area contributed by atoms with Crippen LogP contribution in [0, 0.1) is 17.5 Å². The fourth-order valence-corrected chi connectivity index (χ4v) is 1.69. The number of carbonyl (C=O) groups is 1. The van der Waals surface area contributed by atoms with E-state index in [2.05, 4.69) is 5.32 Å². The molecule has 21 heavy (non-hydrogen) atoms. The predicted octanol–water partition coefficient (Wildman–Crippen LogP) is 2.95. The van der Waals surface area contributed by atoms with Gasteiger partial charge in [0.15, 0.2) is 11.6 Å². The van der Waals surface area contributed by atoms with Crippen molar-refractivity contribution in [1.82, 2.24) is 0 Å². The van der Waals surface area contributed by atoms with Crippen LogP contribution in [0.5, 0.6) is 5.75 Å². The number of rotatable bonds is 3. The Morgan fingerprint density at radius 3 is 2.38 bits per heavy atom. The van der Waals surface area contributed by atoms with Crippen molar-refractivity contribution in [2.45, 2.75) is 0 Å². The van der Waals surface area contributed by atoms with Crippen molar-refractivity contribution in [3.8, 4) is 5.75 Å². The summed E-state index contributed by atoms with van der Waals surface area (Å²) in [5, 5.41) is 2.14. The van der Waals surface area contributed by atoms with E-state index in [0.29, 0.717) is 17.9 Å². The molecule has 1 amide bonds. The average molecular weight is 296 g/mol. The van der Waals surface area contributed by atoms with Crippen LogP contribution < -0.4 is 15.8 Å². The number of halogens is 3. The number of nitrogens with one attached hydrogen (secondary N) is 1. The SMILES string of the molecule is COc1ccc(C(=O)Nc2cc(F)c(F)cc2F)cc1N. The molecule has 3 N–H and O–H groups in total. The summed E-state index contributed by atoms with van der Waals surface area (Å²) >= 11 is 0. The van der Waals surface area contributed by atoms with Gasteiger partial charge in [-0.2, -0.15) is 0 Å². The second kappa shape index (κ2) is 5.74. The largest absolute Gasteiger partial charge is 0.495 e. The van der Waals surface area contributed by atoms with Crippen LogP contribution in [0.15, 0.2) is 30.3 Å². The third-order valence-electron chi connectivity index (χ3n) is 2.75. The molecule has 110 valence electrons. The zero-order chi connectivity index (χ0) is 15.6. The van der Waals surface area contributed by atoms with E-state index in [4.69, 9.17) is 10.5 Å². The molecule has 0 saturated carbocycles. The molecule has 0 radical (unpaired) electrons. The first kappa shape index (κ1) is 14.7. The molecule has 0 saturated heterocycles. The number of hydrogen-bond acceptors (Lipinski definition) is 3. The van der Waals surface area contributed by atoms with E-state index in [9.17, 15) is 18.0 Å². The van der Waals surface area contributed by atoms with Crippen LogP contribution in [0.4, 0.5) is 24.5 Å². The molecule has 7 heteroatoms. The van der Waals surface area contributed by atoms with Gasteiger partial charge in [-0.15, -0.1) is 0 Å². The third kappa shape index (κ3) is 3.07. The number of ether oxygens (including phenoxy) is 1. The van der Waals surface area contributed by atoms with Crippen molar-refractivity contribution >= 4 is 17.3 Å². The van der Waals surface area contributed by atoms with Gasteiger partial charge in [0.05, 0.1) is 18.5 Å². The van der Waals surface area contributed by atoms with Crippen LogP contribution in [0.1, 0.15) is 10.4 Å². The molecule has 0 unspecified atom stereocenters. The van der Waals surface area contributed by atoms with Gasteiger partial charge >= 0.3 is 0 Å². The lowest BCUT2D eigenvalue weighted by molar-refractivity contribution is 0.102. The molecular formula is C14H11F3N2O2. The third-order valence-corrected chi connectivity index (χ3v) is 2.75. The normalized spacial score (nSPS) is 10.3. The Kier molecular flexibility index (Phi) is 4.02. The minimum absolute atomic E-state index is 0.123. The van der Waals surface area contributed by atoms with Gasteiger partial charge in [-0.25, -0.2) is 13.2 Å². The predicted molar refractivity (Wildman–Crippen MR) is 71.7 cm³/mol. The van der Waals surface area contributed by atoms with Gasteiger partial charge in [0, 0.05) is 17.7 Å². The van der Waals surface area contributed by atoms with E-state index in [1.54, 1.807) is 0 Å². The van der Waals surface area contributed by atoms with E-state index in [0.717, 1.165) is 0 Å². The summed E-state index contributed by atoms with van der Waals surface area (Å²) < 4.78 is 44.2. The Morgan fingerprint density at radius 1 is 1.10 bits per heavy atom. The van der Waals surface area contributed by atoms with Crippen molar-refractivity contribution in [2.24, 2.45) is 0 Å². The van der Waals surface area contributed by atoms with E-state index in [1.807, 2.05) is 0 Å². The molecule has 0 aliphatic carbocycles. The first-order valence-electron chi connectivity index (χ1n) is 5.81. The summed E-state index contributed by atoms with van der Waals surface area (Å²) in [4.78, 5) is 11.9. The van der Waals surface area contributed by atoms with Crippen LogP contribution in [0.2, 0.25) is 0 Å². The molecule has 0 bridgehead atoms. The van der Waals surface area contributed by atoms with Crippen molar-refractivity contribution in [1.29, 1.82) is 0 Å². The zero-order valence-corrected chi connectivity index (χ0v) is 10.9. The summed E-state index contributed by atoms with van der Waals surface area (Å²) in [5.74, 6) is -4.01. The minimum atomic E-state index is -1.33. The number of benzene rings is 2. The fraction of sp³-hybridized carbons (Fsp3) is 0.0714. The summed E-state index contributed by atoms with van der Waals surface area (Å²) in [6.45, 7) is 0. The Morgan fingerprint density at radius 2 is 1.76 bits per heavy atom. The van der Waals surface area contributed by atoms with Crippen molar-refractivity contribution in [3.63, 3.8) is 0 Å². The molecule has 0 aliphatic heterocycles. The maximum atomic E-state index is 13.4. The topological polar surface area (TPSA) is 64.3 Å². The molecule has 0 atom stereocenters. The van der Waals surface area contributed by atoms with E-state index in [-0.39, 0.29) is 11.3 Å². The van der Waals surface area contributed by atoms with Crippen molar-refractivity contribution in [2.75, 3.05) is 18.2 Å². The van der Waals surface area contributed by atoms with Gasteiger partial charge in [0.2, 0.25) is 0 Å². The Bertz CT molecular complexity index is 705. The van der Waals surface area contributed by atoms with Gasteiger partial charge in [-0.05, 0) is 18.2 Å². The maximum absolute atomic E-state index is 13.4. The summed E-state index contributed by atoms with van der Waals surface area (Å²) in [7, 11) is 1.42. The standard InChI is InChI=1S/C14H11F3N2O2/c1-21-13-3-2-7(4-11(13)18)14(20)19-12-6-9(16)8(15)5-10(12)17/h2-6H,18H2,1H3,(H,19,20). The maximum Gasteiger partial charge on any atom is 0.255 e. The number of nitrogens with two attached hydrogens (primary N) is 1. The quantitative estimate of drug-likeness (QED) is 0.676. The highest BCUT2D eigenvalue weighted by atomic mass is 19.2. The van der Waals surface area contributed by atoms with E-state index < -0.39 is 29.0 Å². The second-order valence-electron chi connectivity index (χ2n) is 4.16. The lowest BCUT2D eigenvalue weighted by Crippen LogP contribution is -2.14. The van der Waals surface area contributed by atoms with Crippen LogP contribution in [-0.2, 0) is 0 Å². The van der Waals surface area contributed by atoms with Gasteiger partial charge in [-0.1, -0.05) is 0 Å². The highest BCUT2D eigenvalue weighted by Crippen LogP contribution is 2.23. The molecular weight excluding hydrogens is 285 g/mol. The first-order valence-corrected chi connectivity index (χ1v) is 5.81. The van der Waals surface area contributed by atoms with E-state index in [1.165, 1.54) is 25.3 Å². The second-order valence-corrected chi connectivity index (χ2v) is 4.16. The van der Waals surface area contributed by atoms with E-state index >= 15 is 0 Å². The Labute approximate surface area is 118 Å². The van der Waals surface area contributed by atoms with Gasteiger partial charge in [0.1, 0.15) is 11.6 Å². The van der Waals surface area contributed by atoms with Crippen LogP contribution in [-0.4, -0.2) is 13.0 Å². The number of nitrogen functional groups attached to an aromatic ring is 1. The number of hydrogen-bond donors (Lipinski definition) is 2. The number of carbonyl (C=O) groups excluding carboxylic acids is 1. The highest BCUT2D eigenvalue weighted by molar-refractivity contribution is 6.05. The Hall–Kier alpha value is -2.70. The average Bonchev–Trinajstić information content (AvgIpc) is 2.44. The lowest BCUT2D eigenvalue weighted by Gasteiger charge is -2.09. The minimum Gasteiger partial charge on any atom is -0.495 e. The molecule has 2 aromatic carbocycles. The smallest absolute Gasteiger partial charge is 0.255 e. The number of methoxy groups -OCH3 is 1. The Balaban J connectivity index is 2.26. The molecule has 4 nitrogen and oxygen atoms in total. The van der Waals surface area contributed by atoms with Gasteiger partial charge < -0.3 is 15.8 Å². The number of anilines is 2. The van der Waals surface area contributed by atoms with Crippen LogP contribution in [0.25, 0.3) is 0 Å². The molecule has 0 aliphatic rings.